The molecule has 0 bridgehead atoms. The van der Waals surface area contributed by atoms with Crippen molar-refractivity contribution in [2.75, 3.05) is 7.11 Å². The summed E-state index contributed by atoms with van der Waals surface area (Å²) in [7, 11) is 1.29. The van der Waals surface area contributed by atoms with Crippen LogP contribution in [0, 0.1) is 0 Å². The third-order valence-corrected chi connectivity index (χ3v) is 2.35. The van der Waals surface area contributed by atoms with Crippen molar-refractivity contribution in [3.8, 4) is 11.5 Å². The third-order valence-electron chi connectivity index (χ3n) is 1.88. The standard InChI is InChI=1S/C10H7BrN2O3/c1-15-10(14)8-4-9(16-13-8)7-3-2-6(11)5-12-7/h2-5H,1H3. The number of nitrogens with zero attached hydrogens (tertiary/aromatic N) is 2. The van der Waals surface area contributed by atoms with E-state index in [1.165, 1.54) is 13.2 Å². The molecular weight excluding hydrogens is 276 g/mol. The fourth-order valence-electron chi connectivity index (χ4n) is 1.12. The Morgan fingerprint density at radius 1 is 1.50 bits per heavy atom. The van der Waals surface area contributed by atoms with E-state index >= 15 is 0 Å². The number of halogens is 1. The van der Waals surface area contributed by atoms with Crippen LogP contribution in [0.2, 0.25) is 0 Å². The van der Waals surface area contributed by atoms with Gasteiger partial charge in [-0.25, -0.2) is 4.79 Å². The number of ether oxygens (including phenoxy) is 1. The molecule has 0 saturated heterocycles. The second kappa shape index (κ2) is 4.44. The molecule has 0 radical (unpaired) electrons. The predicted octanol–water partition coefficient (Wildman–Crippen LogP) is 2.29. The molecule has 6 heteroatoms. The van der Waals surface area contributed by atoms with Crippen LogP contribution in [-0.4, -0.2) is 23.2 Å². The van der Waals surface area contributed by atoms with Crippen LogP contribution < -0.4 is 0 Å². The molecule has 0 spiro atoms. The molecule has 0 aliphatic rings. The summed E-state index contributed by atoms with van der Waals surface area (Å²) in [4.78, 5) is 15.3. The van der Waals surface area contributed by atoms with Crippen LogP contribution in [-0.2, 0) is 4.74 Å². The van der Waals surface area contributed by atoms with Gasteiger partial charge in [0, 0.05) is 16.7 Å². The van der Waals surface area contributed by atoms with E-state index in [0.29, 0.717) is 11.5 Å². The van der Waals surface area contributed by atoms with Gasteiger partial charge in [0.05, 0.1) is 7.11 Å². The minimum atomic E-state index is -0.535. The maximum absolute atomic E-state index is 11.1. The number of aromatic nitrogens is 2. The molecule has 0 amide bonds. The molecular formula is C10H7BrN2O3. The van der Waals surface area contributed by atoms with E-state index in [1.807, 2.05) is 6.07 Å². The fraction of sp³-hybridized carbons (Fsp3) is 0.100. The molecule has 0 fully saturated rings. The van der Waals surface area contributed by atoms with Gasteiger partial charge < -0.3 is 9.26 Å². The number of pyridine rings is 1. The van der Waals surface area contributed by atoms with Gasteiger partial charge in [-0.2, -0.15) is 0 Å². The van der Waals surface area contributed by atoms with Crippen molar-refractivity contribution in [1.82, 2.24) is 10.1 Å². The summed E-state index contributed by atoms with van der Waals surface area (Å²) >= 11 is 3.27. The monoisotopic (exact) mass is 282 g/mol. The number of rotatable bonds is 2. The maximum Gasteiger partial charge on any atom is 0.360 e. The second-order valence-corrected chi connectivity index (χ2v) is 3.85. The topological polar surface area (TPSA) is 65.2 Å². The lowest BCUT2D eigenvalue weighted by atomic mass is 10.2. The molecule has 2 heterocycles. The highest BCUT2D eigenvalue weighted by atomic mass is 79.9. The van der Waals surface area contributed by atoms with E-state index in [1.54, 1.807) is 12.3 Å². The average Bonchev–Trinajstić information content (AvgIpc) is 2.78. The Morgan fingerprint density at radius 2 is 2.31 bits per heavy atom. The summed E-state index contributed by atoms with van der Waals surface area (Å²) in [6, 6.07) is 5.07. The van der Waals surface area contributed by atoms with Crippen LogP contribution in [0.4, 0.5) is 0 Å². The highest BCUT2D eigenvalue weighted by Gasteiger charge is 2.14. The molecule has 0 N–H and O–H groups in total. The zero-order valence-electron chi connectivity index (χ0n) is 8.31. The molecule has 82 valence electrons. The Morgan fingerprint density at radius 3 is 2.94 bits per heavy atom. The second-order valence-electron chi connectivity index (χ2n) is 2.93. The van der Waals surface area contributed by atoms with E-state index < -0.39 is 5.97 Å². The molecule has 0 aromatic carbocycles. The smallest absolute Gasteiger partial charge is 0.360 e. The van der Waals surface area contributed by atoms with Crippen LogP contribution in [0.15, 0.2) is 33.4 Å². The highest BCUT2D eigenvalue weighted by Crippen LogP contribution is 2.19. The number of carbonyl (C=O) groups excluding carboxylic acids is 1. The van der Waals surface area contributed by atoms with E-state index in [-0.39, 0.29) is 5.69 Å². The van der Waals surface area contributed by atoms with Crippen LogP contribution >= 0.6 is 15.9 Å². The van der Waals surface area contributed by atoms with Gasteiger partial charge in [-0.05, 0) is 28.1 Å². The lowest BCUT2D eigenvalue weighted by molar-refractivity contribution is 0.0589. The molecule has 2 rings (SSSR count). The zero-order chi connectivity index (χ0) is 11.5. The first-order valence-corrected chi connectivity index (χ1v) is 5.17. The Labute approximate surface area is 99.5 Å². The normalized spacial score (nSPS) is 10.1. The first kappa shape index (κ1) is 10.8. The molecule has 0 saturated carbocycles. The van der Waals surface area contributed by atoms with E-state index in [4.69, 9.17) is 4.52 Å². The summed E-state index contributed by atoms with van der Waals surface area (Å²) in [5.41, 5.74) is 0.730. The van der Waals surface area contributed by atoms with Gasteiger partial charge in [0.15, 0.2) is 11.5 Å². The quantitative estimate of drug-likeness (QED) is 0.791. The van der Waals surface area contributed by atoms with Crippen molar-refractivity contribution < 1.29 is 14.1 Å². The van der Waals surface area contributed by atoms with Crippen molar-refractivity contribution >= 4 is 21.9 Å². The molecule has 2 aromatic rings. The minimum Gasteiger partial charge on any atom is -0.464 e. The van der Waals surface area contributed by atoms with Crippen LogP contribution in [0.5, 0.6) is 0 Å². The molecule has 2 aromatic heterocycles. The average molecular weight is 283 g/mol. The minimum absolute atomic E-state index is 0.127. The zero-order valence-corrected chi connectivity index (χ0v) is 9.89. The van der Waals surface area contributed by atoms with Gasteiger partial charge in [0.1, 0.15) is 5.69 Å². The van der Waals surface area contributed by atoms with Gasteiger partial charge in [-0.1, -0.05) is 5.16 Å². The van der Waals surface area contributed by atoms with Gasteiger partial charge >= 0.3 is 5.97 Å². The van der Waals surface area contributed by atoms with E-state index in [2.05, 4.69) is 30.8 Å². The Kier molecular flexibility index (Phi) is 3.00. The number of esters is 1. The van der Waals surface area contributed by atoms with Gasteiger partial charge in [-0.3, -0.25) is 4.98 Å². The summed E-state index contributed by atoms with van der Waals surface area (Å²) in [6.45, 7) is 0. The van der Waals surface area contributed by atoms with Gasteiger partial charge in [0.25, 0.3) is 0 Å². The maximum atomic E-state index is 11.1. The van der Waals surface area contributed by atoms with E-state index in [9.17, 15) is 4.79 Å². The molecule has 0 aliphatic carbocycles. The van der Waals surface area contributed by atoms with Crippen LogP contribution in [0.3, 0.4) is 0 Å². The Bertz CT molecular complexity index is 507. The van der Waals surface area contributed by atoms with Crippen molar-refractivity contribution in [3.05, 3.63) is 34.6 Å². The number of methoxy groups -OCH3 is 1. The van der Waals surface area contributed by atoms with Gasteiger partial charge in [-0.15, -0.1) is 0 Å². The van der Waals surface area contributed by atoms with Crippen LogP contribution in [0.1, 0.15) is 10.5 Å². The third kappa shape index (κ3) is 2.11. The first-order chi connectivity index (χ1) is 7.70. The highest BCUT2D eigenvalue weighted by molar-refractivity contribution is 9.10. The summed E-state index contributed by atoms with van der Waals surface area (Å²) in [5.74, 6) is -0.111. The Hall–Kier alpha value is -1.69. The van der Waals surface area contributed by atoms with Crippen molar-refractivity contribution in [1.29, 1.82) is 0 Å². The summed E-state index contributed by atoms with van der Waals surface area (Å²) < 4.78 is 10.4. The lowest BCUT2D eigenvalue weighted by Crippen LogP contribution is -2.00. The first-order valence-electron chi connectivity index (χ1n) is 4.37. The number of hydrogen-bond donors (Lipinski definition) is 0. The SMILES string of the molecule is COC(=O)c1cc(-c2ccc(Br)cn2)on1. The number of hydrogen-bond acceptors (Lipinski definition) is 5. The van der Waals surface area contributed by atoms with Gasteiger partial charge in [0.2, 0.25) is 0 Å². The summed E-state index contributed by atoms with van der Waals surface area (Å²) in [6.07, 6.45) is 1.63. The molecule has 0 unspecified atom stereocenters. The predicted molar refractivity (Wildman–Crippen MR) is 58.8 cm³/mol. The lowest BCUT2D eigenvalue weighted by Gasteiger charge is -1.93. The van der Waals surface area contributed by atoms with Crippen LogP contribution in [0.25, 0.3) is 11.5 Å². The van der Waals surface area contributed by atoms with Crippen molar-refractivity contribution in [3.63, 3.8) is 0 Å². The molecule has 0 aliphatic heterocycles. The molecule has 5 nitrogen and oxygen atoms in total. The fourth-order valence-corrected chi connectivity index (χ4v) is 1.35. The summed E-state index contributed by atoms with van der Waals surface area (Å²) in [5, 5.41) is 3.58. The number of carbonyl (C=O) groups is 1. The van der Waals surface area contributed by atoms with E-state index in [0.717, 1.165) is 4.47 Å². The molecule has 0 atom stereocenters. The van der Waals surface area contributed by atoms with Crippen molar-refractivity contribution in [2.45, 2.75) is 0 Å². The largest absolute Gasteiger partial charge is 0.464 e. The van der Waals surface area contributed by atoms with Crippen molar-refractivity contribution in [2.24, 2.45) is 0 Å². The molecule has 16 heavy (non-hydrogen) atoms. The Balaban J connectivity index is 2.31.